The van der Waals surface area contributed by atoms with Crippen LogP contribution in [0.25, 0.3) is 10.2 Å². The number of benzene rings is 2. The Morgan fingerprint density at radius 2 is 1.83 bits per heavy atom. The van der Waals surface area contributed by atoms with E-state index in [1.807, 2.05) is 18.2 Å². The van der Waals surface area contributed by atoms with Crippen molar-refractivity contribution in [3.8, 4) is 0 Å². The maximum atomic E-state index is 12.6. The standard InChI is InChI=1S/C19H20N4O4S2/c24-23(25)16-6-2-4-8-18(16)29(26,27)20-13-14-9-11-22(12-10-14)19-21-15-5-1-3-7-17(15)28-19/h1-8,14,20H,9-13H2. The molecule has 0 atom stereocenters. The lowest BCUT2D eigenvalue weighted by atomic mass is 9.97. The summed E-state index contributed by atoms with van der Waals surface area (Å²) < 4.78 is 28.8. The Bertz CT molecular complexity index is 1100. The van der Waals surface area contributed by atoms with Crippen molar-refractivity contribution in [2.75, 3.05) is 24.5 Å². The van der Waals surface area contributed by atoms with E-state index in [4.69, 9.17) is 0 Å². The van der Waals surface area contributed by atoms with Gasteiger partial charge in [-0.15, -0.1) is 0 Å². The molecule has 1 aromatic heterocycles. The van der Waals surface area contributed by atoms with Crippen LogP contribution >= 0.6 is 11.3 Å². The van der Waals surface area contributed by atoms with E-state index in [-0.39, 0.29) is 17.4 Å². The van der Waals surface area contributed by atoms with Crippen molar-refractivity contribution in [1.82, 2.24) is 9.71 Å². The zero-order valence-corrected chi connectivity index (χ0v) is 17.2. The molecule has 2 aromatic carbocycles. The van der Waals surface area contributed by atoms with Crippen molar-refractivity contribution >= 4 is 42.4 Å². The van der Waals surface area contributed by atoms with Crippen LogP contribution in [0.5, 0.6) is 0 Å². The number of nitro groups is 1. The molecule has 1 fully saturated rings. The summed E-state index contributed by atoms with van der Waals surface area (Å²) in [5.74, 6) is 0.179. The molecule has 0 bridgehead atoms. The first-order valence-electron chi connectivity index (χ1n) is 9.27. The maximum Gasteiger partial charge on any atom is 0.289 e. The number of hydrogen-bond acceptors (Lipinski definition) is 7. The number of aromatic nitrogens is 1. The predicted molar refractivity (Wildman–Crippen MR) is 113 cm³/mol. The van der Waals surface area contributed by atoms with Crippen LogP contribution in [0.4, 0.5) is 10.8 Å². The van der Waals surface area contributed by atoms with Crippen molar-refractivity contribution in [3.63, 3.8) is 0 Å². The van der Waals surface area contributed by atoms with Gasteiger partial charge in [0, 0.05) is 25.7 Å². The van der Waals surface area contributed by atoms with Gasteiger partial charge in [-0.1, -0.05) is 35.6 Å². The molecular formula is C19H20N4O4S2. The molecule has 1 N–H and O–H groups in total. The number of nitrogens with one attached hydrogen (secondary N) is 1. The van der Waals surface area contributed by atoms with E-state index in [0.717, 1.165) is 41.3 Å². The second-order valence-corrected chi connectivity index (χ2v) is 9.72. The van der Waals surface area contributed by atoms with E-state index in [1.54, 1.807) is 11.3 Å². The number of hydrogen-bond donors (Lipinski definition) is 1. The normalized spacial score (nSPS) is 15.7. The highest BCUT2D eigenvalue weighted by atomic mass is 32.2. The third-order valence-electron chi connectivity index (χ3n) is 5.08. The summed E-state index contributed by atoms with van der Waals surface area (Å²) in [5.41, 5.74) is 0.581. The summed E-state index contributed by atoms with van der Waals surface area (Å²) in [7, 11) is -3.93. The van der Waals surface area contributed by atoms with Gasteiger partial charge in [-0.3, -0.25) is 10.1 Å². The van der Waals surface area contributed by atoms with Crippen LogP contribution in [0, 0.1) is 16.0 Å². The lowest BCUT2D eigenvalue weighted by Gasteiger charge is -2.31. The van der Waals surface area contributed by atoms with Crippen molar-refractivity contribution in [1.29, 1.82) is 0 Å². The zero-order valence-electron chi connectivity index (χ0n) is 15.5. The average Bonchev–Trinajstić information content (AvgIpc) is 3.17. The van der Waals surface area contributed by atoms with Crippen LogP contribution in [0.1, 0.15) is 12.8 Å². The van der Waals surface area contributed by atoms with Gasteiger partial charge in [0.2, 0.25) is 10.0 Å². The minimum Gasteiger partial charge on any atom is -0.348 e. The SMILES string of the molecule is O=[N+]([O-])c1ccccc1S(=O)(=O)NCC1CCN(c2nc3ccccc3s2)CC1. The van der Waals surface area contributed by atoms with Crippen molar-refractivity contribution in [2.24, 2.45) is 5.92 Å². The van der Waals surface area contributed by atoms with Crippen molar-refractivity contribution < 1.29 is 13.3 Å². The van der Waals surface area contributed by atoms with Crippen LogP contribution in [0.3, 0.4) is 0 Å². The summed E-state index contributed by atoms with van der Waals surface area (Å²) >= 11 is 1.66. The van der Waals surface area contributed by atoms with Gasteiger partial charge < -0.3 is 4.90 Å². The number of nitro benzene ring substituents is 1. The molecule has 2 heterocycles. The van der Waals surface area contributed by atoms with Crippen LogP contribution in [0.2, 0.25) is 0 Å². The van der Waals surface area contributed by atoms with Crippen molar-refractivity contribution in [2.45, 2.75) is 17.7 Å². The molecule has 10 heteroatoms. The van der Waals surface area contributed by atoms with Gasteiger partial charge in [0.1, 0.15) is 0 Å². The first-order valence-corrected chi connectivity index (χ1v) is 11.6. The van der Waals surface area contributed by atoms with Gasteiger partial charge in [-0.2, -0.15) is 0 Å². The molecule has 3 aromatic rings. The molecule has 0 saturated carbocycles. The zero-order chi connectivity index (χ0) is 20.4. The second-order valence-electron chi connectivity index (χ2n) is 6.97. The highest BCUT2D eigenvalue weighted by Crippen LogP contribution is 2.31. The fraction of sp³-hybridized carbons (Fsp3) is 0.316. The molecule has 29 heavy (non-hydrogen) atoms. The first-order chi connectivity index (χ1) is 13.9. The Kier molecular flexibility index (Phi) is 5.48. The molecule has 1 saturated heterocycles. The molecular weight excluding hydrogens is 412 g/mol. The van der Waals surface area contributed by atoms with Gasteiger partial charge in [0.05, 0.1) is 15.1 Å². The van der Waals surface area contributed by atoms with Gasteiger partial charge in [0.25, 0.3) is 5.69 Å². The minimum absolute atomic E-state index is 0.179. The number of rotatable bonds is 6. The third kappa shape index (κ3) is 4.24. The quantitative estimate of drug-likeness (QED) is 0.473. The molecule has 0 aliphatic carbocycles. The maximum absolute atomic E-state index is 12.6. The minimum atomic E-state index is -3.93. The number of anilines is 1. The molecule has 4 rings (SSSR count). The smallest absolute Gasteiger partial charge is 0.289 e. The van der Waals surface area contributed by atoms with E-state index in [0.29, 0.717) is 0 Å². The van der Waals surface area contributed by atoms with Gasteiger partial charge in [0.15, 0.2) is 10.0 Å². The summed E-state index contributed by atoms with van der Waals surface area (Å²) in [6.07, 6.45) is 1.66. The predicted octanol–water partition coefficient (Wildman–Crippen LogP) is 3.40. The average molecular weight is 433 g/mol. The second kappa shape index (κ2) is 8.05. The number of piperidine rings is 1. The van der Waals surface area contributed by atoms with Crippen LogP contribution in [-0.2, 0) is 10.0 Å². The molecule has 1 aliphatic rings. The van der Waals surface area contributed by atoms with Gasteiger partial charge in [-0.05, 0) is 37.0 Å². The molecule has 1 aliphatic heterocycles. The first kappa shape index (κ1) is 19.7. The Balaban J connectivity index is 1.37. The Hall–Kier alpha value is -2.56. The largest absolute Gasteiger partial charge is 0.348 e. The topological polar surface area (TPSA) is 105 Å². The fourth-order valence-corrected chi connectivity index (χ4v) is 5.77. The summed E-state index contributed by atoms with van der Waals surface area (Å²) in [4.78, 5) is 17.1. The highest BCUT2D eigenvalue weighted by molar-refractivity contribution is 7.89. The molecule has 8 nitrogen and oxygen atoms in total. The van der Waals surface area contributed by atoms with E-state index in [2.05, 4.69) is 20.7 Å². The van der Waals surface area contributed by atoms with Crippen LogP contribution < -0.4 is 9.62 Å². The monoisotopic (exact) mass is 432 g/mol. The highest BCUT2D eigenvalue weighted by Gasteiger charge is 2.27. The van der Waals surface area contributed by atoms with Crippen LogP contribution in [0.15, 0.2) is 53.4 Å². The summed E-state index contributed by atoms with van der Waals surface area (Å²) in [6, 6.07) is 13.4. The third-order valence-corrected chi connectivity index (χ3v) is 7.65. The number of para-hydroxylation sites is 2. The van der Waals surface area contributed by atoms with E-state index in [1.165, 1.54) is 24.3 Å². The molecule has 0 spiro atoms. The van der Waals surface area contributed by atoms with Gasteiger partial charge in [-0.25, -0.2) is 18.1 Å². The lowest BCUT2D eigenvalue weighted by Crippen LogP contribution is -2.38. The summed E-state index contributed by atoms with van der Waals surface area (Å²) in [5, 5.41) is 12.1. The number of thiazole rings is 1. The van der Waals surface area contributed by atoms with Crippen molar-refractivity contribution in [3.05, 3.63) is 58.6 Å². The molecule has 152 valence electrons. The lowest BCUT2D eigenvalue weighted by molar-refractivity contribution is -0.387. The Morgan fingerprint density at radius 1 is 1.14 bits per heavy atom. The Labute approximate surface area is 172 Å². The van der Waals surface area contributed by atoms with Gasteiger partial charge >= 0.3 is 0 Å². The van der Waals surface area contributed by atoms with Crippen LogP contribution in [-0.4, -0.2) is 38.0 Å². The number of nitrogens with zero attached hydrogens (tertiary/aromatic N) is 3. The number of sulfonamides is 1. The molecule has 0 radical (unpaired) electrons. The fourth-order valence-electron chi connectivity index (χ4n) is 3.46. The number of fused-ring (bicyclic) bond motifs is 1. The molecule has 0 amide bonds. The Morgan fingerprint density at radius 3 is 2.55 bits per heavy atom. The van der Waals surface area contributed by atoms with E-state index >= 15 is 0 Å². The summed E-state index contributed by atoms with van der Waals surface area (Å²) in [6.45, 7) is 1.87. The van der Waals surface area contributed by atoms with E-state index in [9.17, 15) is 18.5 Å². The van der Waals surface area contributed by atoms with E-state index < -0.39 is 20.6 Å². The molecule has 0 unspecified atom stereocenters.